The van der Waals surface area contributed by atoms with Crippen molar-refractivity contribution < 1.29 is 9.53 Å². The first-order valence-corrected chi connectivity index (χ1v) is 4.21. The van der Waals surface area contributed by atoms with Gasteiger partial charge in [0.2, 0.25) is 0 Å². The molecule has 1 heterocycles. The van der Waals surface area contributed by atoms with Crippen LogP contribution in [0.4, 0.5) is 9.80 Å². The van der Waals surface area contributed by atoms with Crippen LogP contribution in [0.1, 0.15) is 13.8 Å². The normalized spacial score (nSPS) is 9.92. The predicted molar refractivity (Wildman–Crippen MR) is 45.1 cm³/mol. The third kappa shape index (κ3) is 2.83. The molecule has 0 aliphatic rings. The maximum atomic E-state index is 10.9. The molecular formula is C6H9N3O2S. The molecule has 66 valence electrons. The van der Waals surface area contributed by atoms with E-state index in [9.17, 15) is 4.79 Å². The highest BCUT2D eigenvalue weighted by atomic mass is 32.1. The molecule has 1 aromatic heterocycles. The summed E-state index contributed by atoms with van der Waals surface area (Å²) < 4.78 is 8.40. The molecule has 1 amide bonds. The number of nitrogens with one attached hydrogen (secondary N) is 1. The van der Waals surface area contributed by atoms with E-state index in [1.54, 1.807) is 13.8 Å². The van der Waals surface area contributed by atoms with Crippen LogP contribution in [-0.4, -0.2) is 21.8 Å². The number of nitrogens with zero attached hydrogens (tertiary/aromatic N) is 2. The molecule has 1 N–H and O–H groups in total. The number of hydrogen-bond acceptors (Lipinski definition) is 5. The van der Waals surface area contributed by atoms with Gasteiger partial charge in [-0.3, -0.25) is 5.32 Å². The zero-order chi connectivity index (χ0) is 8.97. The lowest BCUT2D eigenvalue weighted by atomic mass is 10.5. The number of carbonyl (C=O) groups excluding carboxylic acids is 1. The van der Waals surface area contributed by atoms with E-state index < -0.39 is 6.09 Å². The second-order valence-electron chi connectivity index (χ2n) is 2.36. The van der Waals surface area contributed by atoms with Gasteiger partial charge in [0.15, 0.2) is 0 Å². The van der Waals surface area contributed by atoms with Crippen molar-refractivity contribution in [2.45, 2.75) is 20.0 Å². The van der Waals surface area contributed by atoms with Crippen LogP contribution in [0.25, 0.3) is 0 Å². The fourth-order valence-corrected chi connectivity index (χ4v) is 0.972. The Morgan fingerprint density at radius 3 is 3.00 bits per heavy atom. The third-order valence-corrected chi connectivity index (χ3v) is 1.51. The standard InChI is InChI=1S/C6H9N3O2S/c1-4(2)11-6(10)8-5-3-7-9-12-5/h3-4H,1-2H3,(H,8,10). The fraction of sp³-hybridized carbons (Fsp3) is 0.500. The van der Waals surface area contributed by atoms with Gasteiger partial charge in [-0.05, 0) is 13.8 Å². The molecule has 0 bridgehead atoms. The van der Waals surface area contributed by atoms with Gasteiger partial charge >= 0.3 is 6.09 Å². The molecule has 0 unspecified atom stereocenters. The van der Waals surface area contributed by atoms with Gasteiger partial charge in [-0.2, -0.15) is 0 Å². The van der Waals surface area contributed by atoms with Crippen molar-refractivity contribution in [1.82, 2.24) is 9.59 Å². The summed E-state index contributed by atoms with van der Waals surface area (Å²) in [6.45, 7) is 3.56. The highest BCUT2D eigenvalue weighted by Crippen LogP contribution is 2.09. The molecule has 12 heavy (non-hydrogen) atoms. The SMILES string of the molecule is CC(C)OC(=O)Nc1cnns1. The first-order chi connectivity index (χ1) is 5.68. The van der Waals surface area contributed by atoms with Gasteiger partial charge in [0.1, 0.15) is 5.00 Å². The molecule has 0 saturated heterocycles. The summed E-state index contributed by atoms with van der Waals surface area (Å²) in [5.74, 6) is 0. The number of aromatic nitrogens is 2. The average Bonchev–Trinajstić information content (AvgIpc) is 2.37. The molecule has 0 saturated carbocycles. The molecule has 0 aromatic carbocycles. The second-order valence-corrected chi connectivity index (χ2v) is 3.15. The molecule has 6 heteroatoms. The van der Waals surface area contributed by atoms with E-state index in [0.29, 0.717) is 5.00 Å². The Bertz CT molecular complexity index is 247. The minimum atomic E-state index is -0.476. The first-order valence-electron chi connectivity index (χ1n) is 3.43. The number of hydrogen-bond donors (Lipinski definition) is 1. The van der Waals surface area contributed by atoms with Gasteiger partial charge in [-0.15, -0.1) is 5.10 Å². The van der Waals surface area contributed by atoms with Crippen LogP contribution in [-0.2, 0) is 4.74 Å². The zero-order valence-corrected chi connectivity index (χ0v) is 7.59. The van der Waals surface area contributed by atoms with Crippen molar-refractivity contribution in [3.05, 3.63) is 6.20 Å². The van der Waals surface area contributed by atoms with Crippen molar-refractivity contribution in [2.75, 3.05) is 5.32 Å². The monoisotopic (exact) mass is 187 g/mol. The van der Waals surface area contributed by atoms with Crippen LogP contribution < -0.4 is 5.32 Å². The van der Waals surface area contributed by atoms with E-state index in [0.717, 1.165) is 11.5 Å². The maximum Gasteiger partial charge on any atom is 0.412 e. The Balaban J connectivity index is 2.37. The summed E-state index contributed by atoms with van der Waals surface area (Å²) in [6, 6.07) is 0. The Hall–Kier alpha value is -1.17. The van der Waals surface area contributed by atoms with Gasteiger partial charge in [-0.1, -0.05) is 4.49 Å². The van der Waals surface area contributed by atoms with E-state index in [1.807, 2.05) is 0 Å². The predicted octanol–water partition coefficient (Wildman–Crippen LogP) is 1.49. The zero-order valence-electron chi connectivity index (χ0n) is 6.77. The molecule has 0 spiro atoms. The highest BCUT2D eigenvalue weighted by molar-refractivity contribution is 7.10. The largest absolute Gasteiger partial charge is 0.447 e. The second kappa shape index (κ2) is 4.01. The average molecular weight is 187 g/mol. The van der Waals surface area contributed by atoms with Crippen molar-refractivity contribution in [2.24, 2.45) is 0 Å². The molecule has 0 radical (unpaired) electrons. The summed E-state index contributed by atoms with van der Waals surface area (Å²) >= 11 is 1.11. The molecule has 0 aliphatic heterocycles. The summed E-state index contributed by atoms with van der Waals surface area (Å²) in [5.41, 5.74) is 0. The van der Waals surface area contributed by atoms with Gasteiger partial charge < -0.3 is 4.74 Å². The van der Waals surface area contributed by atoms with Crippen molar-refractivity contribution in [3.63, 3.8) is 0 Å². The van der Waals surface area contributed by atoms with E-state index in [-0.39, 0.29) is 6.10 Å². The van der Waals surface area contributed by atoms with Crippen LogP contribution in [0.15, 0.2) is 6.20 Å². The number of anilines is 1. The highest BCUT2D eigenvalue weighted by Gasteiger charge is 2.05. The lowest BCUT2D eigenvalue weighted by Crippen LogP contribution is -2.17. The van der Waals surface area contributed by atoms with E-state index in [1.165, 1.54) is 6.20 Å². The van der Waals surface area contributed by atoms with Crippen LogP contribution in [0.2, 0.25) is 0 Å². The minimum Gasteiger partial charge on any atom is -0.447 e. The minimum absolute atomic E-state index is 0.120. The summed E-state index contributed by atoms with van der Waals surface area (Å²) in [7, 11) is 0. The van der Waals surface area contributed by atoms with Gasteiger partial charge in [0, 0.05) is 11.5 Å². The van der Waals surface area contributed by atoms with Crippen LogP contribution >= 0.6 is 11.5 Å². The molecule has 1 aromatic rings. The maximum absolute atomic E-state index is 10.9. The van der Waals surface area contributed by atoms with E-state index >= 15 is 0 Å². The lowest BCUT2D eigenvalue weighted by molar-refractivity contribution is 0.130. The van der Waals surface area contributed by atoms with Crippen LogP contribution in [0, 0.1) is 0 Å². The third-order valence-electron chi connectivity index (χ3n) is 0.929. The van der Waals surface area contributed by atoms with Gasteiger partial charge in [0.25, 0.3) is 0 Å². The fourth-order valence-electron chi connectivity index (χ4n) is 0.566. The molecule has 1 rings (SSSR count). The number of ether oxygens (including phenoxy) is 1. The summed E-state index contributed by atoms with van der Waals surface area (Å²) in [5, 5.41) is 6.62. The molecule has 5 nitrogen and oxygen atoms in total. The summed E-state index contributed by atoms with van der Waals surface area (Å²) in [6.07, 6.45) is 0.869. The Morgan fingerprint density at radius 1 is 1.75 bits per heavy atom. The smallest absolute Gasteiger partial charge is 0.412 e. The van der Waals surface area contributed by atoms with Crippen molar-refractivity contribution in [3.8, 4) is 0 Å². The van der Waals surface area contributed by atoms with Crippen LogP contribution in [0.5, 0.6) is 0 Å². The molecule has 0 atom stereocenters. The van der Waals surface area contributed by atoms with Gasteiger partial charge in [0.05, 0.1) is 12.3 Å². The topological polar surface area (TPSA) is 64.1 Å². The quantitative estimate of drug-likeness (QED) is 0.761. The van der Waals surface area contributed by atoms with Crippen molar-refractivity contribution >= 4 is 22.6 Å². The Morgan fingerprint density at radius 2 is 2.50 bits per heavy atom. The molecule has 0 fully saturated rings. The Labute approximate surface area is 73.9 Å². The number of amides is 1. The Kier molecular flexibility index (Phi) is 2.98. The summed E-state index contributed by atoms with van der Waals surface area (Å²) in [4.78, 5) is 10.9. The lowest BCUT2D eigenvalue weighted by Gasteiger charge is -2.06. The molecular weight excluding hydrogens is 178 g/mol. The molecule has 0 aliphatic carbocycles. The van der Waals surface area contributed by atoms with Crippen molar-refractivity contribution in [1.29, 1.82) is 0 Å². The van der Waals surface area contributed by atoms with Crippen LogP contribution in [0.3, 0.4) is 0 Å². The number of carbonyl (C=O) groups is 1. The van der Waals surface area contributed by atoms with E-state index in [4.69, 9.17) is 4.74 Å². The first kappa shape index (κ1) is 8.92. The van der Waals surface area contributed by atoms with E-state index in [2.05, 4.69) is 14.9 Å². The van der Waals surface area contributed by atoms with Gasteiger partial charge in [-0.25, -0.2) is 4.79 Å². The number of rotatable bonds is 2.